The molecule has 1 aromatic carbocycles. The lowest BCUT2D eigenvalue weighted by Gasteiger charge is -2.24. The van der Waals surface area contributed by atoms with E-state index in [2.05, 4.69) is 20.2 Å². The van der Waals surface area contributed by atoms with Crippen molar-refractivity contribution < 1.29 is 14.2 Å². The zero-order chi connectivity index (χ0) is 20.1. The summed E-state index contributed by atoms with van der Waals surface area (Å²) >= 11 is 0. The first-order valence-corrected chi connectivity index (χ1v) is 10.6. The predicted molar refractivity (Wildman–Crippen MR) is 114 cm³/mol. The molecule has 8 heteroatoms. The van der Waals surface area contributed by atoms with Crippen LogP contribution in [0, 0.1) is 0 Å². The summed E-state index contributed by atoms with van der Waals surface area (Å²) in [4.78, 5) is 11.3. The molecule has 0 atom stereocenters. The minimum absolute atomic E-state index is 0.247. The Balaban J connectivity index is 1.49. The lowest BCUT2D eigenvalue weighted by molar-refractivity contribution is 0.0904. The Morgan fingerprint density at radius 1 is 1.17 bits per heavy atom. The van der Waals surface area contributed by atoms with Gasteiger partial charge in [-0.15, -0.1) is 0 Å². The van der Waals surface area contributed by atoms with Crippen molar-refractivity contribution in [1.29, 1.82) is 0 Å². The van der Waals surface area contributed by atoms with E-state index in [9.17, 15) is 0 Å². The fraction of sp³-hybridized carbons (Fsp3) is 0.619. The smallest absolute Gasteiger partial charge is 0.222 e. The highest BCUT2D eigenvalue weighted by Crippen LogP contribution is 2.35. The van der Waals surface area contributed by atoms with E-state index in [-0.39, 0.29) is 5.95 Å². The van der Waals surface area contributed by atoms with Crippen molar-refractivity contribution >= 4 is 22.7 Å². The van der Waals surface area contributed by atoms with Gasteiger partial charge >= 0.3 is 0 Å². The molecule has 0 aliphatic carbocycles. The molecule has 0 bridgehead atoms. The van der Waals surface area contributed by atoms with Gasteiger partial charge in [-0.1, -0.05) is 0 Å². The Labute approximate surface area is 171 Å². The molecule has 2 aliphatic heterocycles. The van der Waals surface area contributed by atoms with Crippen LogP contribution in [0.5, 0.6) is 11.5 Å². The van der Waals surface area contributed by atoms with Gasteiger partial charge in [-0.3, -0.25) is 0 Å². The highest BCUT2D eigenvalue weighted by atomic mass is 16.5. The van der Waals surface area contributed by atoms with Gasteiger partial charge in [0.1, 0.15) is 5.82 Å². The first-order valence-electron chi connectivity index (χ1n) is 10.6. The topological polar surface area (TPSA) is 94.8 Å². The summed E-state index contributed by atoms with van der Waals surface area (Å²) in [5.41, 5.74) is 6.73. The second kappa shape index (κ2) is 9.45. The molecular formula is C21H31N5O3. The molecule has 2 aromatic rings. The van der Waals surface area contributed by atoms with Crippen molar-refractivity contribution in [3.05, 3.63) is 12.1 Å². The Hall–Kier alpha value is -2.32. The van der Waals surface area contributed by atoms with E-state index in [1.807, 2.05) is 12.1 Å². The zero-order valence-corrected chi connectivity index (χ0v) is 17.2. The third-order valence-corrected chi connectivity index (χ3v) is 5.64. The van der Waals surface area contributed by atoms with Crippen molar-refractivity contribution in [1.82, 2.24) is 14.9 Å². The van der Waals surface area contributed by atoms with Crippen LogP contribution in [-0.4, -0.2) is 67.5 Å². The largest absolute Gasteiger partial charge is 0.493 e. The molecule has 158 valence electrons. The van der Waals surface area contributed by atoms with E-state index in [4.69, 9.17) is 19.9 Å². The Morgan fingerprint density at radius 2 is 1.97 bits per heavy atom. The Kier molecular flexibility index (Phi) is 6.51. The van der Waals surface area contributed by atoms with Gasteiger partial charge in [0.2, 0.25) is 5.95 Å². The maximum atomic E-state index is 6.04. The summed E-state index contributed by atoms with van der Waals surface area (Å²) < 4.78 is 17.1. The highest BCUT2D eigenvalue weighted by Gasteiger charge is 2.18. The Morgan fingerprint density at radius 3 is 2.72 bits per heavy atom. The molecule has 2 fully saturated rings. The van der Waals surface area contributed by atoms with E-state index in [0.29, 0.717) is 24.1 Å². The number of benzene rings is 1. The average molecular weight is 402 g/mol. The average Bonchev–Trinajstić information content (AvgIpc) is 3.25. The number of nitrogens with two attached hydrogens (primary N) is 1. The fourth-order valence-electron chi connectivity index (χ4n) is 4.05. The molecule has 2 saturated heterocycles. The molecule has 2 aliphatic rings. The summed E-state index contributed by atoms with van der Waals surface area (Å²) in [5.74, 6) is 2.36. The molecule has 0 unspecified atom stereocenters. The zero-order valence-electron chi connectivity index (χ0n) is 17.2. The van der Waals surface area contributed by atoms with Crippen molar-refractivity contribution in [2.45, 2.75) is 38.1 Å². The van der Waals surface area contributed by atoms with Crippen LogP contribution in [0.15, 0.2) is 12.1 Å². The quantitative estimate of drug-likeness (QED) is 0.652. The van der Waals surface area contributed by atoms with Gasteiger partial charge in [-0.05, 0) is 51.3 Å². The van der Waals surface area contributed by atoms with Crippen LogP contribution in [0.25, 0.3) is 10.9 Å². The molecule has 1 aromatic heterocycles. The van der Waals surface area contributed by atoms with Crippen LogP contribution in [0.2, 0.25) is 0 Å². The van der Waals surface area contributed by atoms with Crippen LogP contribution < -0.4 is 20.5 Å². The predicted octanol–water partition coefficient (Wildman–Crippen LogP) is 2.68. The second-order valence-electron chi connectivity index (χ2n) is 7.73. The number of methoxy groups -OCH3 is 1. The van der Waals surface area contributed by atoms with Crippen LogP contribution in [0.1, 0.15) is 32.1 Å². The Bertz CT molecular complexity index is 820. The maximum Gasteiger partial charge on any atom is 0.222 e. The third-order valence-electron chi connectivity index (χ3n) is 5.64. The lowest BCUT2D eigenvalue weighted by Crippen LogP contribution is -2.28. The van der Waals surface area contributed by atoms with Gasteiger partial charge in [-0.25, -0.2) is 4.98 Å². The van der Waals surface area contributed by atoms with Gasteiger partial charge in [0.25, 0.3) is 0 Å². The lowest BCUT2D eigenvalue weighted by atomic mass is 10.1. The standard InChI is InChI=1S/C21H31N5O3/c1-27-18-13-16-17(14-19(18)29-10-4-9-26-7-2-3-8-26)24-21(22)25-20(16)23-15-5-11-28-12-6-15/h13-15H,2-12H2,1H3,(H3,22,23,24,25). The monoisotopic (exact) mass is 401 g/mol. The number of ether oxygens (including phenoxy) is 3. The molecule has 0 amide bonds. The summed E-state index contributed by atoms with van der Waals surface area (Å²) in [6.07, 6.45) is 5.50. The van der Waals surface area contributed by atoms with Gasteiger partial charge in [0.15, 0.2) is 11.5 Å². The second-order valence-corrected chi connectivity index (χ2v) is 7.73. The van der Waals surface area contributed by atoms with Gasteiger partial charge < -0.3 is 30.2 Å². The number of anilines is 2. The van der Waals surface area contributed by atoms with Crippen LogP contribution in [0.4, 0.5) is 11.8 Å². The van der Waals surface area contributed by atoms with E-state index in [1.165, 1.54) is 25.9 Å². The van der Waals surface area contributed by atoms with Gasteiger partial charge in [0.05, 0.1) is 19.2 Å². The number of nitrogens with one attached hydrogen (secondary N) is 1. The number of aromatic nitrogens is 2. The molecule has 8 nitrogen and oxygen atoms in total. The van der Waals surface area contributed by atoms with Gasteiger partial charge in [-0.2, -0.15) is 4.98 Å². The first-order chi connectivity index (χ1) is 14.2. The molecule has 0 saturated carbocycles. The first kappa shape index (κ1) is 20.0. The number of hydrogen-bond acceptors (Lipinski definition) is 8. The van der Waals surface area contributed by atoms with Crippen LogP contribution in [-0.2, 0) is 4.74 Å². The number of likely N-dealkylation sites (tertiary alicyclic amines) is 1. The minimum Gasteiger partial charge on any atom is -0.493 e. The third kappa shape index (κ3) is 5.00. The maximum absolute atomic E-state index is 6.04. The molecular weight excluding hydrogens is 370 g/mol. The normalized spacial score (nSPS) is 18.2. The summed E-state index contributed by atoms with van der Waals surface area (Å²) in [7, 11) is 1.65. The molecule has 3 N–H and O–H groups in total. The number of nitrogens with zero attached hydrogens (tertiary/aromatic N) is 3. The summed E-state index contributed by atoms with van der Waals surface area (Å²) in [6, 6.07) is 4.15. The van der Waals surface area contributed by atoms with Crippen molar-refractivity contribution in [2.75, 3.05) is 57.6 Å². The molecule has 0 spiro atoms. The fourth-order valence-corrected chi connectivity index (χ4v) is 4.05. The number of nitrogen functional groups attached to an aromatic ring is 1. The molecule has 0 radical (unpaired) electrons. The summed E-state index contributed by atoms with van der Waals surface area (Å²) in [6.45, 7) is 5.65. The molecule has 3 heterocycles. The highest BCUT2D eigenvalue weighted by molar-refractivity contribution is 5.92. The molecule has 29 heavy (non-hydrogen) atoms. The van der Waals surface area contributed by atoms with E-state index in [1.54, 1.807) is 7.11 Å². The van der Waals surface area contributed by atoms with Gasteiger partial charge in [0, 0.05) is 37.3 Å². The minimum atomic E-state index is 0.247. The molecule has 4 rings (SSSR count). The number of rotatable bonds is 8. The summed E-state index contributed by atoms with van der Waals surface area (Å²) in [5, 5.41) is 4.39. The van der Waals surface area contributed by atoms with E-state index in [0.717, 1.165) is 55.7 Å². The number of fused-ring (bicyclic) bond motifs is 1. The van der Waals surface area contributed by atoms with E-state index < -0.39 is 0 Å². The van der Waals surface area contributed by atoms with E-state index >= 15 is 0 Å². The SMILES string of the molecule is COc1cc2c(NC3CCOCC3)nc(N)nc2cc1OCCCN1CCCC1. The number of hydrogen-bond donors (Lipinski definition) is 2. The van der Waals surface area contributed by atoms with Crippen molar-refractivity contribution in [3.8, 4) is 11.5 Å². The van der Waals surface area contributed by atoms with Crippen molar-refractivity contribution in [2.24, 2.45) is 0 Å². The van der Waals surface area contributed by atoms with Crippen LogP contribution in [0.3, 0.4) is 0 Å². The van der Waals surface area contributed by atoms with Crippen molar-refractivity contribution in [3.63, 3.8) is 0 Å². The van der Waals surface area contributed by atoms with Crippen LogP contribution >= 0.6 is 0 Å².